The third-order valence-corrected chi connectivity index (χ3v) is 5.82. The van der Waals surface area contributed by atoms with Crippen molar-refractivity contribution >= 4 is 23.7 Å². The highest BCUT2D eigenvalue weighted by Crippen LogP contribution is 2.62. The Morgan fingerprint density at radius 2 is 2.00 bits per heavy atom. The Morgan fingerprint density at radius 1 is 1.33 bits per heavy atom. The quantitative estimate of drug-likeness (QED) is 0.743. The second-order valence-corrected chi connectivity index (χ2v) is 6.24. The number of thioether (sulfide) groups is 1. The first-order valence-corrected chi connectivity index (χ1v) is 6.97. The summed E-state index contributed by atoms with van der Waals surface area (Å²) in [5, 5.41) is 9.93. The average Bonchev–Trinajstić information content (AvgIpc) is 2.85. The summed E-state index contributed by atoms with van der Waals surface area (Å²) in [6.45, 7) is 1.62. The van der Waals surface area contributed by atoms with Crippen molar-refractivity contribution in [2.45, 2.75) is 30.6 Å². The molecule has 0 amide bonds. The number of fused-ring (bicyclic) bond motifs is 1. The van der Waals surface area contributed by atoms with Gasteiger partial charge < -0.3 is 14.6 Å². The van der Waals surface area contributed by atoms with Crippen LogP contribution in [-0.2, 0) is 19.1 Å². The molecule has 1 heterocycles. The van der Waals surface area contributed by atoms with E-state index in [0.717, 1.165) is 6.42 Å². The molecule has 4 atom stereocenters. The van der Waals surface area contributed by atoms with Crippen molar-refractivity contribution in [3.8, 4) is 0 Å². The maximum atomic E-state index is 12.3. The summed E-state index contributed by atoms with van der Waals surface area (Å²) < 4.78 is 9.66. The Morgan fingerprint density at radius 3 is 2.56 bits per heavy atom. The molecule has 1 saturated carbocycles. The van der Waals surface area contributed by atoms with Crippen molar-refractivity contribution in [3.63, 3.8) is 0 Å². The van der Waals surface area contributed by atoms with Gasteiger partial charge in [0.15, 0.2) is 0 Å². The summed E-state index contributed by atoms with van der Waals surface area (Å²) in [5.74, 6) is -0.329. The molecule has 18 heavy (non-hydrogen) atoms. The van der Waals surface area contributed by atoms with Crippen LogP contribution in [0.1, 0.15) is 19.8 Å². The summed E-state index contributed by atoms with van der Waals surface area (Å²) in [7, 11) is 2.59. The molecule has 1 N–H and O–H groups in total. The Hall–Kier alpha value is -0.750. The van der Waals surface area contributed by atoms with E-state index in [1.165, 1.54) is 26.0 Å². The third-order valence-electron chi connectivity index (χ3n) is 4.33. The van der Waals surface area contributed by atoms with Gasteiger partial charge in [-0.15, -0.1) is 11.8 Å². The second kappa shape index (κ2) is 4.42. The predicted octanol–water partition coefficient (Wildman–Crippen LogP) is 0.595. The normalized spacial score (nSPS) is 42.4. The lowest BCUT2D eigenvalue weighted by Crippen LogP contribution is -2.57. The van der Waals surface area contributed by atoms with Crippen molar-refractivity contribution in [3.05, 3.63) is 0 Å². The van der Waals surface area contributed by atoms with Crippen LogP contribution in [0.4, 0.5) is 0 Å². The van der Waals surface area contributed by atoms with Crippen LogP contribution in [0.15, 0.2) is 0 Å². The van der Waals surface area contributed by atoms with Crippen molar-refractivity contribution in [1.29, 1.82) is 0 Å². The minimum Gasteiger partial charge on any atom is -0.468 e. The fraction of sp³-hybridized carbons (Fsp3) is 0.833. The smallest absolute Gasteiger partial charge is 0.320 e. The number of rotatable bonds is 2. The van der Waals surface area contributed by atoms with Gasteiger partial charge in [-0.2, -0.15) is 0 Å². The van der Waals surface area contributed by atoms with Gasteiger partial charge in [0, 0.05) is 0 Å². The number of aliphatic hydroxyl groups is 1. The van der Waals surface area contributed by atoms with Gasteiger partial charge in [-0.05, 0) is 31.4 Å². The van der Waals surface area contributed by atoms with E-state index in [1.54, 1.807) is 6.92 Å². The fourth-order valence-corrected chi connectivity index (χ4v) is 5.30. The number of hydrogen-bond acceptors (Lipinski definition) is 6. The van der Waals surface area contributed by atoms with E-state index in [1.807, 2.05) is 0 Å². The summed E-state index contributed by atoms with van der Waals surface area (Å²) in [4.78, 5) is 24.2. The van der Waals surface area contributed by atoms with Crippen molar-refractivity contribution in [2.24, 2.45) is 11.3 Å². The largest absolute Gasteiger partial charge is 0.468 e. The topological polar surface area (TPSA) is 72.8 Å². The molecule has 1 aliphatic carbocycles. The Labute approximate surface area is 110 Å². The minimum atomic E-state index is -1.23. The summed E-state index contributed by atoms with van der Waals surface area (Å²) >= 11 is 1.38. The molecule has 0 spiro atoms. The van der Waals surface area contributed by atoms with Gasteiger partial charge in [0.2, 0.25) is 0 Å². The van der Waals surface area contributed by atoms with Crippen molar-refractivity contribution in [1.82, 2.24) is 0 Å². The molecule has 2 rings (SSSR count). The van der Waals surface area contributed by atoms with Crippen molar-refractivity contribution in [2.75, 3.05) is 20.0 Å². The Kier molecular flexibility index (Phi) is 3.36. The van der Waals surface area contributed by atoms with Gasteiger partial charge in [-0.3, -0.25) is 9.59 Å². The summed E-state index contributed by atoms with van der Waals surface area (Å²) in [6.07, 6.45) is 1.23. The first-order valence-electron chi connectivity index (χ1n) is 5.92. The van der Waals surface area contributed by atoms with Crippen LogP contribution in [0, 0.1) is 11.3 Å². The minimum absolute atomic E-state index is 0.0333. The lowest BCUT2D eigenvalue weighted by Gasteiger charge is -2.40. The lowest BCUT2D eigenvalue weighted by atomic mass is 9.68. The molecule has 1 aliphatic heterocycles. The molecule has 2 aliphatic rings. The maximum Gasteiger partial charge on any atom is 0.320 e. The van der Waals surface area contributed by atoms with Gasteiger partial charge >= 0.3 is 11.9 Å². The Bertz CT molecular complexity index is 381. The van der Waals surface area contributed by atoms with E-state index in [0.29, 0.717) is 12.2 Å². The van der Waals surface area contributed by atoms with Crippen LogP contribution < -0.4 is 0 Å². The van der Waals surface area contributed by atoms with Crippen LogP contribution in [0.2, 0.25) is 0 Å². The van der Waals surface area contributed by atoms with Gasteiger partial charge in [-0.25, -0.2) is 0 Å². The Balaban J connectivity index is 2.51. The highest BCUT2D eigenvalue weighted by Gasteiger charge is 2.71. The number of carbonyl (C=O) groups excluding carboxylic acids is 2. The molecule has 102 valence electrons. The summed E-state index contributed by atoms with van der Waals surface area (Å²) in [6, 6.07) is 0. The van der Waals surface area contributed by atoms with Crippen LogP contribution >= 0.6 is 11.8 Å². The number of ether oxygens (including phenoxy) is 2. The van der Waals surface area contributed by atoms with Gasteiger partial charge in [0.05, 0.1) is 19.8 Å². The number of carbonyl (C=O) groups is 2. The van der Waals surface area contributed by atoms with Gasteiger partial charge in [0.1, 0.15) is 10.7 Å². The molecular weight excluding hydrogens is 256 g/mol. The van der Waals surface area contributed by atoms with E-state index in [-0.39, 0.29) is 5.92 Å². The van der Waals surface area contributed by atoms with Gasteiger partial charge in [0.25, 0.3) is 0 Å². The number of esters is 2. The maximum absolute atomic E-state index is 12.3. The van der Waals surface area contributed by atoms with Crippen LogP contribution in [-0.4, -0.2) is 47.9 Å². The zero-order valence-corrected chi connectivity index (χ0v) is 11.6. The van der Waals surface area contributed by atoms with E-state index >= 15 is 0 Å². The molecule has 0 aromatic heterocycles. The molecule has 2 fully saturated rings. The van der Waals surface area contributed by atoms with E-state index in [4.69, 9.17) is 9.47 Å². The molecule has 0 radical (unpaired) electrons. The molecule has 1 saturated heterocycles. The highest BCUT2D eigenvalue weighted by atomic mass is 32.2. The van der Waals surface area contributed by atoms with Gasteiger partial charge in [-0.1, -0.05) is 0 Å². The predicted molar refractivity (Wildman–Crippen MR) is 66.1 cm³/mol. The molecular formula is C12H18O5S. The van der Waals surface area contributed by atoms with Crippen LogP contribution in [0.25, 0.3) is 0 Å². The molecule has 6 heteroatoms. The first kappa shape index (κ1) is 13.7. The zero-order chi connectivity index (χ0) is 13.6. The second-order valence-electron chi connectivity index (χ2n) is 5.11. The number of methoxy groups -OCH3 is 2. The van der Waals surface area contributed by atoms with E-state index < -0.39 is 28.2 Å². The molecule has 0 aromatic carbocycles. The fourth-order valence-electron chi connectivity index (χ4n) is 3.41. The molecule has 5 nitrogen and oxygen atoms in total. The van der Waals surface area contributed by atoms with Crippen LogP contribution in [0.3, 0.4) is 0 Å². The molecule has 0 aromatic rings. The third kappa shape index (κ3) is 1.51. The lowest BCUT2D eigenvalue weighted by molar-refractivity contribution is -0.175. The van der Waals surface area contributed by atoms with Crippen LogP contribution in [0.5, 0.6) is 0 Å². The number of hydrogen-bond donors (Lipinski definition) is 1. The van der Waals surface area contributed by atoms with E-state index in [9.17, 15) is 14.7 Å². The monoisotopic (exact) mass is 274 g/mol. The van der Waals surface area contributed by atoms with Crippen molar-refractivity contribution < 1.29 is 24.2 Å². The zero-order valence-electron chi connectivity index (χ0n) is 10.8. The standard InChI is InChI=1S/C12H18O5S/c1-11(15)5-4-7-6-18-8(9(13)16-2)12(7,11)10(14)17-3/h7-8,15H,4-6H2,1-3H3/t7-,8+,11+,12-/m0/s1. The van der Waals surface area contributed by atoms with E-state index in [2.05, 4.69) is 0 Å². The highest BCUT2D eigenvalue weighted by molar-refractivity contribution is 8.01. The molecule has 0 unspecified atom stereocenters. The summed E-state index contributed by atoms with van der Waals surface area (Å²) in [5.41, 5.74) is -2.40. The molecule has 0 bridgehead atoms. The first-order chi connectivity index (χ1) is 8.41. The SMILES string of the molecule is COC(=O)[C@H]1SC[C@@H]2CC[C@@](C)(O)[C@@]21C(=O)OC. The average molecular weight is 274 g/mol.